The summed E-state index contributed by atoms with van der Waals surface area (Å²) in [7, 11) is 0. The van der Waals surface area contributed by atoms with Crippen LogP contribution in [-0.2, 0) is 4.79 Å². The van der Waals surface area contributed by atoms with Gasteiger partial charge in [0.15, 0.2) is 6.04 Å². The van der Waals surface area contributed by atoms with Crippen molar-refractivity contribution in [2.45, 2.75) is 44.9 Å². The first-order valence-corrected chi connectivity index (χ1v) is 6.34. The van der Waals surface area contributed by atoms with Gasteiger partial charge in [0.2, 0.25) is 5.91 Å². The van der Waals surface area contributed by atoms with E-state index in [9.17, 15) is 18.0 Å². The molecular weight excluding hydrogens is 269 g/mol. The number of hydrazine groups is 1. The Bertz CT molecular complexity index is 525. The molecule has 0 aliphatic carbocycles. The molecule has 0 spiro atoms. The van der Waals surface area contributed by atoms with Gasteiger partial charge in [-0.1, -0.05) is 24.3 Å². The molecule has 0 saturated carbocycles. The lowest BCUT2D eigenvalue weighted by Crippen LogP contribution is -2.51. The van der Waals surface area contributed by atoms with Gasteiger partial charge in [-0.2, -0.15) is 18.2 Å². The number of nitrogens with zero attached hydrogens (tertiary/aromatic N) is 1. The van der Waals surface area contributed by atoms with Crippen molar-refractivity contribution in [3.63, 3.8) is 0 Å². The Labute approximate surface area is 115 Å². The quantitative estimate of drug-likeness (QED) is 0.906. The van der Waals surface area contributed by atoms with Gasteiger partial charge in [-0.25, -0.2) is 0 Å². The van der Waals surface area contributed by atoms with Crippen molar-refractivity contribution in [2.24, 2.45) is 0 Å². The summed E-state index contributed by atoms with van der Waals surface area (Å²) < 4.78 is 40.5. The molecule has 1 fully saturated rings. The first-order valence-electron chi connectivity index (χ1n) is 6.34. The summed E-state index contributed by atoms with van der Waals surface area (Å²) in [5.41, 5.74) is 2.17. The van der Waals surface area contributed by atoms with Crippen LogP contribution in [-0.4, -0.2) is 22.6 Å². The first-order chi connectivity index (χ1) is 9.13. The van der Waals surface area contributed by atoms with E-state index in [2.05, 4.69) is 5.43 Å². The Morgan fingerprint density at radius 3 is 2.35 bits per heavy atom. The van der Waals surface area contributed by atoms with Gasteiger partial charge >= 0.3 is 6.18 Å². The van der Waals surface area contributed by atoms with Crippen molar-refractivity contribution in [2.75, 3.05) is 0 Å². The summed E-state index contributed by atoms with van der Waals surface area (Å²) in [6, 6.07) is 4.52. The summed E-state index contributed by atoms with van der Waals surface area (Å²) >= 11 is 0. The second-order valence-electron chi connectivity index (χ2n) is 5.69. The topological polar surface area (TPSA) is 32.3 Å². The fourth-order valence-corrected chi connectivity index (χ4v) is 2.57. The molecule has 1 amide bonds. The zero-order valence-corrected chi connectivity index (χ0v) is 11.6. The molecule has 0 bridgehead atoms. The van der Waals surface area contributed by atoms with E-state index in [4.69, 9.17) is 0 Å². The normalized spacial score (nSPS) is 20.8. The second-order valence-corrected chi connectivity index (χ2v) is 5.69. The molecule has 6 heteroatoms. The smallest absolute Gasteiger partial charge is 0.287 e. The summed E-state index contributed by atoms with van der Waals surface area (Å²) in [5, 5.41) is 1.03. The van der Waals surface area contributed by atoms with Crippen LogP contribution in [0.15, 0.2) is 24.3 Å². The molecular formula is C14H17F3N2O. The van der Waals surface area contributed by atoms with E-state index >= 15 is 0 Å². The highest BCUT2D eigenvalue weighted by Gasteiger charge is 2.53. The average Bonchev–Trinajstić information content (AvgIpc) is 2.53. The van der Waals surface area contributed by atoms with Gasteiger partial charge in [-0.05, 0) is 31.9 Å². The molecule has 3 nitrogen and oxygen atoms in total. The van der Waals surface area contributed by atoms with E-state index in [0.29, 0.717) is 5.56 Å². The maximum Gasteiger partial charge on any atom is 0.409 e. The number of halogens is 3. The highest BCUT2D eigenvalue weighted by atomic mass is 19.4. The van der Waals surface area contributed by atoms with E-state index < -0.39 is 23.7 Å². The van der Waals surface area contributed by atoms with Crippen molar-refractivity contribution in [1.82, 2.24) is 10.4 Å². The molecule has 1 aliphatic heterocycles. The Morgan fingerprint density at radius 2 is 1.90 bits per heavy atom. The SMILES string of the molecule is Cc1ccccc1C(N1NC(=O)CC1(C)C)C(F)(F)F. The lowest BCUT2D eigenvalue weighted by atomic mass is 9.95. The van der Waals surface area contributed by atoms with Gasteiger partial charge in [0.1, 0.15) is 0 Å². The predicted molar refractivity (Wildman–Crippen MR) is 68.7 cm³/mol. The zero-order chi connectivity index (χ0) is 15.1. The minimum Gasteiger partial charge on any atom is -0.287 e. The van der Waals surface area contributed by atoms with E-state index in [1.165, 1.54) is 6.07 Å². The number of rotatable bonds is 2. The number of carbonyl (C=O) groups excluding carboxylic acids is 1. The zero-order valence-electron chi connectivity index (χ0n) is 11.6. The van der Waals surface area contributed by atoms with Gasteiger partial charge in [-0.15, -0.1) is 0 Å². The third kappa shape index (κ3) is 2.65. The van der Waals surface area contributed by atoms with E-state index in [-0.39, 0.29) is 12.0 Å². The molecule has 2 rings (SSSR count). The standard InChI is InChI=1S/C14H17F3N2O/c1-9-6-4-5-7-10(9)12(14(15,16)17)19-13(2,3)8-11(20)18-19/h4-7,12H,8H2,1-3H3,(H,18,20). The summed E-state index contributed by atoms with van der Waals surface area (Å²) in [4.78, 5) is 11.5. The van der Waals surface area contributed by atoms with Crippen LogP contribution in [0.2, 0.25) is 0 Å². The van der Waals surface area contributed by atoms with Crippen LogP contribution in [0.4, 0.5) is 13.2 Å². The van der Waals surface area contributed by atoms with Crippen molar-refractivity contribution >= 4 is 5.91 Å². The Kier molecular flexibility index (Phi) is 3.54. The monoisotopic (exact) mass is 286 g/mol. The van der Waals surface area contributed by atoms with Gasteiger partial charge in [0.05, 0.1) is 0 Å². The van der Waals surface area contributed by atoms with Crippen LogP contribution >= 0.6 is 0 Å². The van der Waals surface area contributed by atoms with Crippen molar-refractivity contribution in [3.8, 4) is 0 Å². The number of amides is 1. The summed E-state index contributed by atoms with van der Waals surface area (Å²) in [6.45, 7) is 4.89. The molecule has 1 heterocycles. The number of alkyl halides is 3. The Morgan fingerprint density at radius 1 is 1.30 bits per heavy atom. The fraction of sp³-hybridized carbons (Fsp3) is 0.500. The highest BCUT2D eigenvalue weighted by Crippen LogP contribution is 2.43. The number of aryl methyl sites for hydroxylation is 1. The van der Waals surface area contributed by atoms with Crippen molar-refractivity contribution < 1.29 is 18.0 Å². The van der Waals surface area contributed by atoms with Crippen molar-refractivity contribution in [1.29, 1.82) is 0 Å². The molecule has 1 aromatic carbocycles. The highest BCUT2D eigenvalue weighted by molar-refractivity contribution is 5.79. The number of benzene rings is 1. The first kappa shape index (κ1) is 14.8. The third-order valence-corrected chi connectivity index (χ3v) is 3.54. The predicted octanol–water partition coefficient (Wildman–Crippen LogP) is 3.11. The molecule has 110 valence electrons. The number of hydrogen-bond donors (Lipinski definition) is 1. The minimum atomic E-state index is -4.47. The van der Waals surface area contributed by atoms with Crippen LogP contribution < -0.4 is 5.43 Å². The van der Waals surface area contributed by atoms with Crippen LogP contribution in [0.5, 0.6) is 0 Å². The fourth-order valence-electron chi connectivity index (χ4n) is 2.57. The maximum absolute atomic E-state index is 13.5. The molecule has 1 unspecified atom stereocenters. The molecule has 0 radical (unpaired) electrons. The molecule has 1 N–H and O–H groups in total. The second kappa shape index (κ2) is 4.77. The lowest BCUT2D eigenvalue weighted by Gasteiger charge is -2.38. The largest absolute Gasteiger partial charge is 0.409 e. The van der Waals surface area contributed by atoms with Gasteiger partial charge in [-0.3, -0.25) is 10.2 Å². The van der Waals surface area contributed by atoms with Gasteiger partial charge < -0.3 is 0 Å². The van der Waals surface area contributed by atoms with Gasteiger partial charge in [0, 0.05) is 12.0 Å². The molecule has 1 saturated heterocycles. The molecule has 1 atom stereocenters. The molecule has 1 aliphatic rings. The number of carbonyl (C=O) groups is 1. The van der Waals surface area contributed by atoms with E-state index in [0.717, 1.165) is 5.01 Å². The minimum absolute atomic E-state index is 0.0471. The summed E-state index contributed by atoms with van der Waals surface area (Å²) in [6.07, 6.45) is -4.42. The molecule has 0 aromatic heterocycles. The molecule has 20 heavy (non-hydrogen) atoms. The van der Waals surface area contributed by atoms with Gasteiger partial charge in [0.25, 0.3) is 0 Å². The molecule has 1 aromatic rings. The lowest BCUT2D eigenvalue weighted by molar-refractivity contribution is -0.204. The van der Waals surface area contributed by atoms with Crippen LogP contribution in [0.1, 0.15) is 37.4 Å². The van der Waals surface area contributed by atoms with Crippen molar-refractivity contribution in [3.05, 3.63) is 35.4 Å². The van der Waals surface area contributed by atoms with Crippen LogP contribution in [0, 0.1) is 6.92 Å². The third-order valence-electron chi connectivity index (χ3n) is 3.54. The Hall–Kier alpha value is -1.56. The number of nitrogens with one attached hydrogen (secondary N) is 1. The van der Waals surface area contributed by atoms with Crippen LogP contribution in [0.25, 0.3) is 0 Å². The average molecular weight is 286 g/mol. The van der Waals surface area contributed by atoms with E-state index in [1.54, 1.807) is 39.0 Å². The maximum atomic E-state index is 13.5. The van der Waals surface area contributed by atoms with E-state index in [1.807, 2.05) is 0 Å². The Balaban J connectivity index is 2.50. The summed E-state index contributed by atoms with van der Waals surface area (Å²) in [5.74, 6) is -0.391. The van der Waals surface area contributed by atoms with Crippen LogP contribution in [0.3, 0.4) is 0 Å². The number of hydrogen-bond acceptors (Lipinski definition) is 2.